The topological polar surface area (TPSA) is 77.8 Å². The van der Waals surface area contributed by atoms with Gasteiger partial charge in [0.25, 0.3) is 5.91 Å². The Morgan fingerprint density at radius 2 is 1.76 bits per heavy atom. The molecule has 3 rings (SSSR count). The van der Waals surface area contributed by atoms with E-state index in [1.165, 1.54) is 6.26 Å². The van der Waals surface area contributed by atoms with Gasteiger partial charge < -0.3 is 24.9 Å². The largest absolute Gasteiger partial charge is 0.459 e. The minimum atomic E-state index is -0.321. The van der Waals surface area contributed by atoms with Crippen LogP contribution in [0.1, 0.15) is 35.5 Å². The summed E-state index contributed by atoms with van der Waals surface area (Å²) in [4.78, 5) is 29.4. The number of amides is 3. The maximum atomic E-state index is 13.1. The SMILES string of the molecule is Cc1ccccc1NC(=O)Nc1ccc(N(C)C)c(CN(CC(C)C)C(=O)c2ccco2)c1. The van der Waals surface area contributed by atoms with Crippen molar-refractivity contribution in [3.05, 3.63) is 77.7 Å². The highest BCUT2D eigenvalue weighted by atomic mass is 16.3. The van der Waals surface area contributed by atoms with Crippen molar-refractivity contribution in [1.82, 2.24) is 4.90 Å². The molecule has 7 nitrogen and oxygen atoms in total. The van der Waals surface area contributed by atoms with Crippen LogP contribution >= 0.6 is 0 Å². The van der Waals surface area contributed by atoms with Crippen molar-refractivity contribution < 1.29 is 14.0 Å². The second-order valence-corrected chi connectivity index (χ2v) is 8.69. The second-order valence-electron chi connectivity index (χ2n) is 8.69. The summed E-state index contributed by atoms with van der Waals surface area (Å²) in [6.07, 6.45) is 1.50. The van der Waals surface area contributed by atoms with Gasteiger partial charge in [0.1, 0.15) is 0 Å². The van der Waals surface area contributed by atoms with Crippen LogP contribution in [0, 0.1) is 12.8 Å². The number of carbonyl (C=O) groups is 2. The van der Waals surface area contributed by atoms with E-state index in [-0.39, 0.29) is 17.9 Å². The van der Waals surface area contributed by atoms with Crippen LogP contribution in [-0.2, 0) is 6.54 Å². The zero-order valence-corrected chi connectivity index (χ0v) is 19.9. The van der Waals surface area contributed by atoms with E-state index < -0.39 is 0 Å². The lowest BCUT2D eigenvalue weighted by Crippen LogP contribution is -2.34. The van der Waals surface area contributed by atoms with Gasteiger partial charge >= 0.3 is 6.03 Å². The van der Waals surface area contributed by atoms with Crippen LogP contribution in [-0.4, -0.2) is 37.5 Å². The number of aryl methyl sites for hydroxylation is 1. The molecule has 1 heterocycles. The van der Waals surface area contributed by atoms with Crippen molar-refractivity contribution in [1.29, 1.82) is 0 Å². The van der Waals surface area contributed by atoms with Crippen LogP contribution in [0.5, 0.6) is 0 Å². The van der Waals surface area contributed by atoms with Crippen molar-refractivity contribution in [2.75, 3.05) is 36.2 Å². The molecule has 33 heavy (non-hydrogen) atoms. The zero-order valence-electron chi connectivity index (χ0n) is 19.9. The molecule has 7 heteroatoms. The van der Waals surface area contributed by atoms with Gasteiger partial charge in [-0.3, -0.25) is 4.79 Å². The van der Waals surface area contributed by atoms with Gasteiger partial charge in [0, 0.05) is 44.2 Å². The first-order chi connectivity index (χ1) is 15.7. The van der Waals surface area contributed by atoms with E-state index in [9.17, 15) is 9.59 Å². The number of para-hydroxylation sites is 1. The lowest BCUT2D eigenvalue weighted by atomic mass is 10.1. The molecular formula is C26H32N4O3. The van der Waals surface area contributed by atoms with Crippen molar-refractivity contribution in [2.24, 2.45) is 5.92 Å². The summed E-state index contributed by atoms with van der Waals surface area (Å²) >= 11 is 0. The fourth-order valence-electron chi connectivity index (χ4n) is 3.65. The molecule has 2 N–H and O–H groups in total. The number of hydrogen-bond donors (Lipinski definition) is 2. The van der Waals surface area contributed by atoms with Gasteiger partial charge in [0.05, 0.1) is 6.26 Å². The number of hydrogen-bond acceptors (Lipinski definition) is 4. The summed E-state index contributed by atoms with van der Waals surface area (Å²) in [6, 6.07) is 16.4. The molecule has 0 spiro atoms. The molecule has 0 radical (unpaired) electrons. The molecule has 0 saturated heterocycles. The fourth-order valence-corrected chi connectivity index (χ4v) is 3.65. The van der Waals surface area contributed by atoms with Crippen LogP contribution in [0.25, 0.3) is 0 Å². The number of urea groups is 1. The maximum absolute atomic E-state index is 13.1. The Morgan fingerprint density at radius 3 is 2.39 bits per heavy atom. The van der Waals surface area contributed by atoms with Gasteiger partial charge in [-0.15, -0.1) is 0 Å². The maximum Gasteiger partial charge on any atom is 0.323 e. The Kier molecular flexibility index (Phi) is 7.77. The van der Waals surface area contributed by atoms with Gasteiger partial charge in [-0.05, 0) is 60.4 Å². The van der Waals surface area contributed by atoms with Crippen molar-refractivity contribution >= 4 is 29.0 Å². The minimum absolute atomic E-state index is 0.158. The van der Waals surface area contributed by atoms with E-state index >= 15 is 0 Å². The first kappa shape index (κ1) is 23.9. The summed E-state index contributed by atoms with van der Waals surface area (Å²) in [5.41, 5.74) is 4.29. The summed E-state index contributed by atoms with van der Waals surface area (Å²) in [5, 5.41) is 5.79. The normalized spacial score (nSPS) is 10.7. The van der Waals surface area contributed by atoms with Crippen LogP contribution in [0.3, 0.4) is 0 Å². The molecule has 0 fully saturated rings. The third-order valence-electron chi connectivity index (χ3n) is 5.18. The van der Waals surface area contributed by atoms with Crippen LogP contribution < -0.4 is 15.5 Å². The van der Waals surface area contributed by atoms with Gasteiger partial charge in [-0.2, -0.15) is 0 Å². The van der Waals surface area contributed by atoms with Gasteiger partial charge in [-0.25, -0.2) is 4.79 Å². The van der Waals surface area contributed by atoms with E-state index in [1.807, 2.05) is 68.4 Å². The highest BCUT2D eigenvalue weighted by Crippen LogP contribution is 2.26. The molecule has 0 aliphatic heterocycles. The molecule has 174 valence electrons. The summed E-state index contributed by atoms with van der Waals surface area (Å²) < 4.78 is 5.35. The third kappa shape index (κ3) is 6.38. The quantitative estimate of drug-likeness (QED) is 0.470. The lowest BCUT2D eigenvalue weighted by Gasteiger charge is -2.27. The number of nitrogens with one attached hydrogen (secondary N) is 2. The molecule has 0 atom stereocenters. The molecular weight excluding hydrogens is 416 g/mol. The molecule has 0 unspecified atom stereocenters. The standard InChI is InChI=1S/C26H32N4O3/c1-18(2)16-30(25(31)24-11-8-14-33-24)17-20-15-21(12-13-23(20)29(4)5)27-26(32)28-22-10-7-6-9-19(22)3/h6-15,18H,16-17H2,1-5H3,(H2,27,28,32). The number of carbonyl (C=O) groups excluding carboxylic acids is 2. The Morgan fingerprint density at radius 1 is 1.00 bits per heavy atom. The van der Waals surface area contributed by atoms with E-state index in [0.717, 1.165) is 22.5 Å². The first-order valence-corrected chi connectivity index (χ1v) is 11.0. The predicted octanol–water partition coefficient (Wildman–Crippen LogP) is 5.60. The Labute approximate surface area is 195 Å². The monoisotopic (exact) mass is 448 g/mol. The molecule has 0 saturated carbocycles. The number of benzene rings is 2. The third-order valence-corrected chi connectivity index (χ3v) is 5.18. The van der Waals surface area contributed by atoms with Gasteiger partial charge in [0.2, 0.25) is 0 Å². The van der Waals surface area contributed by atoms with E-state index in [0.29, 0.717) is 24.5 Å². The fraction of sp³-hybridized carbons (Fsp3) is 0.308. The average Bonchev–Trinajstić information content (AvgIpc) is 3.29. The van der Waals surface area contributed by atoms with Crippen LogP contribution in [0.4, 0.5) is 21.9 Å². The number of anilines is 3. The smallest absolute Gasteiger partial charge is 0.323 e. The molecule has 0 aliphatic rings. The Hall–Kier alpha value is -3.74. The van der Waals surface area contributed by atoms with Crippen LogP contribution in [0.15, 0.2) is 65.3 Å². The summed E-state index contributed by atoms with van der Waals surface area (Å²) in [5.74, 6) is 0.441. The highest BCUT2D eigenvalue weighted by molar-refractivity contribution is 6.00. The number of furan rings is 1. The number of nitrogens with zero attached hydrogens (tertiary/aromatic N) is 2. The lowest BCUT2D eigenvalue weighted by molar-refractivity contribution is 0.0690. The first-order valence-electron chi connectivity index (χ1n) is 11.0. The zero-order chi connectivity index (χ0) is 24.0. The molecule has 0 aliphatic carbocycles. The molecule has 0 bridgehead atoms. The molecule has 3 amide bonds. The average molecular weight is 449 g/mol. The van der Waals surface area contributed by atoms with E-state index in [4.69, 9.17) is 4.42 Å². The van der Waals surface area contributed by atoms with Crippen molar-refractivity contribution in [2.45, 2.75) is 27.3 Å². The summed E-state index contributed by atoms with van der Waals surface area (Å²) in [7, 11) is 3.91. The number of rotatable bonds is 8. The highest BCUT2D eigenvalue weighted by Gasteiger charge is 2.21. The van der Waals surface area contributed by atoms with Crippen molar-refractivity contribution in [3.63, 3.8) is 0 Å². The molecule has 1 aromatic heterocycles. The van der Waals surface area contributed by atoms with E-state index in [2.05, 4.69) is 24.5 Å². The summed E-state index contributed by atoms with van der Waals surface area (Å²) in [6.45, 7) is 7.06. The van der Waals surface area contributed by atoms with Crippen LogP contribution in [0.2, 0.25) is 0 Å². The van der Waals surface area contributed by atoms with Gasteiger partial charge in [0.15, 0.2) is 5.76 Å². The Balaban J connectivity index is 1.83. The molecule has 2 aromatic carbocycles. The molecule has 3 aromatic rings. The minimum Gasteiger partial charge on any atom is -0.459 e. The van der Waals surface area contributed by atoms with Crippen molar-refractivity contribution in [3.8, 4) is 0 Å². The predicted molar refractivity (Wildman–Crippen MR) is 133 cm³/mol. The Bertz CT molecular complexity index is 1090. The second kappa shape index (κ2) is 10.7. The van der Waals surface area contributed by atoms with E-state index in [1.54, 1.807) is 17.0 Å². The van der Waals surface area contributed by atoms with Gasteiger partial charge in [-0.1, -0.05) is 32.0 Å².